The molecule has 0 radical (unpaired) electrons. The summed E-state index contributed by atoms with van der Waals surface area (Å²) in [7, 11) is 0. The molecule has 0 N–H and O–H groups in total. The number of nitrogens with zero attached hydrogens (tertiary/aromatic N) is 2. The van der Waals surface area contributed by atoms with Crippen molar-refractivity contribution >= 4 is 124 Å². The molecule has 0 saturated heterocycles. The quantitative estimate of drug-likeness (QED) is 0.0480. The first-order valence-corrected chi connectivity index (χ1v) is 28.8. The molecule has 82 heavy (non-hydrogen) atoms. The summed E-state index contributed by atoms with van der Waals surface area (Å²) in [5.41, 5.74) is 11.8. The average Bonchev–Trinajstić information content (AvgIpc) is 2.79. The number of halogens is 2. The lowest BCUT2D eigenvalue weighted by atomic mass is 9.86. The van der Waals surface area contributed by atoms with Crippen LogP contribution in [0.5, 0.6) is 0 Å². The van der Waals surface area contributed by atoms with Crippen LogP contribution < -0.4 is 9.80 Å². The molecule has 4 heteroatoms. The fraction of sp³-hybridized carbons (Fsp3) is 0.103. The van der Waals surface area contributed by atoms with Crippen molar-refractivity contribution < 1.29 is 8.78 Å². The molecule has 12 aromatic rings. The van der Waals surface area contributed by atoms with Crippen molar-refractivity contribution in [2.24, 2.45) is 0 Å². The molecular formula is C78H64F2N2. The Morgan fingerprint density at radius 3 is 0.988 bits per heavy atom. The molecule has 400 valence electrons. The van der Waals surface area contributed by atoms with Gasteiger partial charge >= 0.3 is 0 Å². The Bertz CT molecular complexity index is 3970. The van der Waals surface area contributed by atoms with E-state index >= 15 is 8.78 Å². The molecule has 0 aliphatic carbocycles. The second-order valence-electron chi connectivity index (χ2n) is 21.2. The predicted molar refractivity (Wildman–Crippen MR) is 351 cm³/mol. The lowest BCUT2D eigenvalue weighted by Gasteiger charge is -2.25. The molecule has 0 aliphatic heterocycles. The Labute approximate surface area is 480 Å². The maximum Gasteiger partial charge on any atom is 0.132 e. The second-order valence-corrected chi connectivity index (χ2v) is 21.2. The van der Waals surface area contributed by atoms with Crippen molar-refractivity contribution in [3.05, 3.63) is 288 Å². The molecule has 0 atom stereocenters. The van der Waals surface area contributed by atoms with E-state index in [1.807, 2.05) is 36.4 Å². The minimum atomic E-state index is -0.268. The number of benzene rings is 12. The topological polar surface area (TPSA) is 6.48 Å². The van der Waals surface area contributed by atoms with Gasteiger partial charge in [-0.15, -0.1) is 0 Å². The highest BCUT2D eigenvalue weighted by molar-refractivity contribution is 6.30. The van der Waals surface area contributed by atoms with Crippen molar-refractivity contribution in [2.45, 2.75) is 52.4 Å². The third-order valence-corrected chi connectivity index (χ3v) is 15.6. The van der Waals surface area contributed by atoms with E-state index in [9.17, 15) is 0 Å². The Balaban J connectivity index is 1.06. The zero-order valence-electron chi connectivity index (χ0n) is 46.5. The smallest absolute Gasteiger partial charge is 0.132 e. The van der Waals surface area contributed by atoms with E-state index in [0.29, 0.717) is 10.8 Å². The monoisotopic (exact) mass is 1070 g/mol. The van der Waals surface area contributed by atoms with E-state index in [4.69, 9.17) is 0 Å². The molecular weight excluding hydrogens is 1000 g/mol. The van der Waals surface area contributed by atoms with Gasteiger partial charge in [-0.3, -0.25) is 0 Å². The van der Waals surface area contributed by atoms with Crippen LogP contribution in [-0.2, 0) is 0 Å². The normalized spacial score (nSPS) is 12.0. The number of allylic oxidation sites excluding steroid dienone is 2. The third-order valence-electron chi connectivity index (χ3n) is 15.6. The highest BCUT2D eigenvalue weighted by Crippen LogP contribution is 2.45. The molecule has 0 spiro atoms. The van der Waals surface area contributed by atoms with Gasteiger partial charge in [0.15, 0.2) is 0 Å². The van der Waals surface area contributed by atoms with Gasteiger partial charge in [0.1, 0.15) is 11.6 Å². The van der Waals surface area contributed by atoms with Gasteiger partial charge in [-0.05, 0) is 199 Å². The molecule has 0 unspecified atom stereocenters. The van der Waals surface area contributed by atoms with Crippen LogP contribution in [0.25, 0.3) is 90.3 Å². The number of rotatable bonds is 18. The van der Waals surface area contributed by atoms with Gasteiger partial charge in [0.05, 0.1) is 0 Å². The minimum Gasteiger partial charge on any atom is -0.311 e. The minimum absolute atomic E-state index is 0.268. The standard InChI is InChI=1S/C78H64F2N2/c1-3-5-7-13-23-57-49-59-41-47-69-71(75(59)73(79)51-57)53-61(39-33-55-35-43-67(44-36-55)81(63-25-15-9-16-26-63)64-27-17-10-18-28-64)78-70-48-42-60-50-58(24-14-8-6-4-2)52-74(80)76(60)72(70)54-62(77(69)78)40-34-56-37-45-68(46-38-56)82(65-29-19-11-20-30-65)66-31-21-12-22-32-66/h9-54H,3-8H2,1-2H3/b23-13+,24-14+,39-33+,40-34+. The summed E-state index contributed by atoms with van der Waals surface area (Å²) in [6, 6.07) is 79.1. The number of hydrogen-bond donors (Lipinski definition) is 0. The molecule has 2 nitrogen and oxygen atoms in total. The zero-order valence-corrected chi connectivity index (χ0v) is 46.5. The van der Waals surface area contributed by atoms with Gasteiger partial charge in [-0.25, -0.2) is 8.78 Å². The zero-order chi connectivity index (χ0) is 55.8. The molecule has 0 aromatic heterocycles. The fourth-order valence-electron chi connectivity index (χ4n) is 11.6. The SMILES string of the molecule is CCCC/C=C/c1cc(F)c2c(ccc3c2cc(/C=C/c2ccc(N(c4ccccc4)c4ccccc4)cc2)c2c4ccc5cc(/C=C/CCCC)cc(F)c5c4cc(/C=C/c4ccc(N(c5ccccc5)c5ccccc5)cc4)c32)c1. The summed E-state index contributed by atoms with van der Waals surface area (Å²) in [6.45, 7) is 4.37. The molecule has 12 rings (SSSR count). The van der Waals surface area contributed by atoms with E-state index in [-0.39, 0.29) is 11.6 Å². The number of unbranched alkanes of at least 4 members (excludes halogenated alkanes) is 4. The van der Waals surface area contributed by atoms with Crippen LogP contribution in [0.2, 0.25) is 0 Å². The Morgan fingerprint density at radius 1 is 0.305 bits per heavy atom. The molecule has 0 amide bonds. The molecule has 0 saturated carbocycles. The Kier molecular flexibility index (Phi) is 15.8. The van der Waals surface area contributed by atoms with Gasteiger partial charge in [-0.1, -0.05) is 209 Å². The van der Waals surface area contributed by atoms with Crippen LogP contribution in [0, 0.1) is 11.6 Å². The van der Waals surface area contributed by atoms with Crippen LogP contribution in [0.4, 0.5) is 42.9 Å². The van der Waals surface area contributed by atoms with Crippen molar-refractivity contribution in [2.75, 3.05) is 9.80 Å². The summed E-state index contributed by atoms with van der Waals surface area (Å²) in [4.78, 5) is 4.51. The maximum atomic E-state index is 17.2. The largest absolute Gasteiger partial charge is 0.311 e. The molecule has 0 fully saturated rings. The second kappa shape index (κ2) is 24.4. The van der Waals surface area contributed by atoms with Crippen LogP contribution in [0.1, 0.15) is 85.8 Å². The Hall–Kier alpha value is -9.64. The van der Waals surface area contributed by atoms with E-state index in [2.05, 4.69) is 254 Å². The highest BCUT2D eigenvalue weighted by atomic mass is 19.1. The molecule has 0 bridgehead atoms. The number of hydrogen-bond acceptors (Lipinski definition) is 2. The van der Waals surface area contributed by atoms with Crippen molar-refractivity contribution in [3.63, 3.8) is 0 Å². The van der Waals surface area contributed by atoms with E-state index in [1.165, 1.54) is 0 Å². The first-order chi connectivity index (χ1) is 40.4. The number of anilines is 6. The summed E-state index contributed by atoms with van der Waals surface area (Å²) < 4.78 is 34.3. The first-order valence-electron chi connectivity index (χ1n) is 28.8. The number of fused-ring (bicyclic) bond motifs is 9. The van der Waals surface area contributed by atoms with Gasteiger partial charge < -0.3 is 9.80 Å². The van der Waals surface area contributed by atoms with E-state index < -0.39 is 0 Å². The Morgan fingerprint density at radius 2 is 0.646 bits per heavy atom. The maximum absolute atomic E-state index is 17.2. The fourth-order valence-corrected chi connectivity index (χ4v) is 11.6. The summed E-state index contributed by atoms with van der Waals surface area (Å²) in [5, 5.41) is 8.20. The van der Waals surface area contributed by atoms with E-state index in [1.54, 1.807) is 12.1 Å². The first kappa shape index (κ1) is 53.0. The lowest BCUT2D eigenvalue weighted by Crippen LogP contribution is -2.09. The number of para-hydroxylation sites is 4. The van der Waals surface area contributed by atoms with Crippen molar-refractivity contribution in [1.29, 1.82) is 0 Å². The molecule has 0 aliphatic rings. The summed E-state index contributed by atoms with van der Waals surface area (Å²) in [5.74, 6) is -0.537. The summed E-state index contributed by atoms with van der Waals surface area (Å²) in [6.07, 6.45) is 23.2. The van der Waals surface area contributed by atoms with Crippen LogP contribution in [0.3, 0.4) is 0 Å². The average molecular weight is 1070 g/mol. The van der Waals surface area contributed by atoms with Crippen LogP contribution in [0.15, 0.2) is 243 Å². The van der Waals surface area contributed by atoms with Crippen LogP contribution >= 0.6 is 0 Å². The molecule has 12 aromatic carbocycles. The van der Waals surface area contributed by atoms with Gasteiger partial charge in [0.25, 0.3) is 0 Å². The molecule has 0 heterocycles. The van der Waals surface area contributed by atoms with Gasteiger partial charge in [0.2, 0.25) is 0 Å². The lowest BCUT2D eigenvalue weighted by molar-refractivity contribution is 0.640. The van der Waals surface area contributed by atoms with Gasteiger partial charge in [-0.2, -0.15) is 0 Å². The van der Waals surface area contributed by atoms with Crippen molar-refractivity contribution in [1.82, 2.24) is 0 Å². The van der Waals surface area contributed by atoms with Crippen LogP contribution in [-0.4, -0.2) is 0 Å². The van der Waals surface area contributed by atoms with Gasteiger partial charge in [0, 0.05) is 44.9 Å². The van der Waals surface area contributed by atoms with E-state index in [0.717, 1.165) is 149 Å². The summed E-state index contributed by atoms with van der Waals surface area (Å²) >= 11 is 0. The van der Waals surface area contributed by atoms with Crippen molar-refractivity contribution in [3.8, 4) is 0 Å². The highest BCUT2D eigenvalue weighted by Gasteiger charge is 2.20. The predicted octanol–water partition coefficient (Wildman–Crippen LogP) is 23.4. The third kappa shape index (κ3) is 11.1.